The first-order valence-corrected chi connectivity index (χ1v) is 5.13. The summed E-state index contributed by atoms with van der Waals surface area (Å²) >= 11 is 5.73. The lowest BCUT2D eigenvalue weighted by Crippen LogP contribution is -1.93. The molecular weight excluding hydrogens is 242 g/mol. The zero-order valence-electron chi connectivity index (χ0n) is 8.59. The Bertz CT molecular complexity index is 540. The van der Waals surface area contributed by atoms with E-state index >= 15 is 0 Å². The van der Waals surface area contributed by atoms with Gasteiger partial charge in [-0.3, -0.25) is 10.1 Å². The van der Waals surface area contributed by atoms with Gasteiger partial charge in [0.25, 0.3) is 0 Å². The Morgan fingerprint density at radius 1 is 1.24 bits per heavy atom. The summed E-state index contributed by atoms with van der Waals surface area (Å²) in [5, 5.41) is 11.3. The maximum Gasteiger partial charge on any atom is 0.319 e. The van der Waals surface area contributed by atoms with Crippen LogP contribution in [-0.4, -0.2) is 4.92 Å². The third kappa shape index (κ3) is 2.73. The third-order valence-electron chi connectivity index (χ3n) is 2.02. The van der Waals surface area contributed by atoms with Gasteiger partial charge in [0.05, 0.1) is 11.0 Å². The lowest BCUT2D eigenvalue weighted by atomic mass is 10.3. The van der Waals surface area contributed by atoms with Crippen molar-refractivity contribution in [3.8, 4) is 11.5 Å². The van der Waals surface area contributed by atoms with E-state index < -0.39 is 4.92 Å². The highest BCUT2D eigenvalue weighted by molar-refractivity contribution is 6.30. The zero-order chi connectivity index (χ0) is 12.3. The first-order chi connectivity index (χ1) is 8.16. The molecule has 2 aromatic carbocycles. The molecule has 0 fully saturated rings. The monoisotopic (exact) mass is 248 g/mol. The number of halogens is 1. The van der Waals surface area contributed by atoms with E-state index in [9.17, 15) is 10.1 Å². The van der Waals surface area contributed by atoms with Gasteiger partial charge in [-0.1, -0.05) is 17.7 Å². The fourth-order valence-corrected chi connectivity index (χ4v) is 1.39. The van der Waals surface area contributed by atoms with Crippen LogP contribution in [0.2, 0.25) is 5.02 Å². The molecule has 1 radical (unpaired) electrons. The van der Waals surface area contributed by atoms with Gasteiger partial charge >= 0.3 is 5.69 Å². The Morgan fingerprint density at radius 2 is 1.94 bits per heavy atom. The van der Waals surface area contributed by atoms with E-state index in [1.165, 1.54) is 12.1 Å². The van der Waals surface area contributed by atoms with E-state index in [1.54, 1.807) is 30.3 Å². The highest BCUT2D eigenvalue weighted by Gasteiger charge is 2.14. The van der Waals surface area contributed by atoms with Crippen LogP contribution >= 0.6 is 11.6 Å². The van der Waals surface area contributed by atoms with Gasteiger partial charge in [-0.15, -0.1) is 0 Å². The van der Waals surface area contributed by atoms with Gasteiger partial charge in [0.2, 0.25) is 5.75 Å². The number of hydrogen-bond donors (Lipinski definition) is 0. The molecular formula is C12H7ClNO3. The van der Waals surface area contributed by atoms with Gasteiger partial charge in [-0.05, 0) is 36.4 Å². The number of nitrogens with zero attached hydrogens (tertiary/aromatic N) is 1. The predicted octanol–water partition coefficient (Wildman–Crippen LogP) is 3.84. The number of nitro benzene ring substituents is 1. The lowest BCUT2D eigenvalue weighted by molar-refractivity contribution is -0.386. The van der Waals surface area contributed by atoms with Gasteiger partial charge in [0, 0.05) is 5.02 Å². The Balaban J connectivity index is 2.30. The minimum atomic E-state index is -0.536. The van der Waals surface area contributed by atoms with Crippen molar-refractivity contribution in [1.29, 1.82) is 0 Å². The van der Waals surface area contributed by atoms with Crippen LogP contribution in [0.5, 0.6) is 11.5 Å². The van der Waals surface area contributed by atoms with Gasteiger partial charge in [0.15, 0.2) is 0 Å². The quantitative estimate of drug-likeness (QED) is 0.612. The second-order valence-corrected chi connectivity index (χ2v) is 3.63. The first-order valence-electron chi connectivity index (χ1n) is 4.75. The maximum atomic E-state index is 10.7. The summed E-state index contributed by atoms with van der Waals surface area (Å²) in [6.45, 7) is 0. The van der Waals surface area contributed by atoms with Crippen LogP contribution in [-0.2, 0) is 0 Å². The van der Waals surface area contributed by atoms with Crippen molar-refractivity contribution in [2.45, 2.75) is 0 Å². The molecule has 0 heterocycles. The smallest absolute Gasteiger partial charge is 0.319 e. The molecule has 0 amide bonds. The molecule has 17 heavy (non-hydrogen) atoms. The van der Waals surface area contributed by atoms with E-state index in [2.05, 4.69) is 6.07 Å². The number of para-hydroxylation sites is 1. The molecule has 0 spiro atoms. The maximum absolute atomic E-state index is 10.7. The van der Waals surface area contributed by atoms with Gasteiger partial charge in [-0.2, -0.15) is 0 Å². The van der Waals surface area contributed by atoms with Crippen molar-refractivity contribution in [3.05, 3.63) is 63.7 Å². The lowest BCUT2D eigenvalue weighted by Gasteiger charge is -2.05. The summed E-state index contributed by atoms with van der Waals surface area (Å²) in [7, 11) is 0. The van der Waals surface area contributed by atoms with E-state index in [0.29, 0.717) is 10.8 Å². The minimum Gasteiger partial charge on any atom is -0.450 e. The Labute approximate surface area is 103 Å². The molecule has 0 N–H and O–H groups in total. The van der Waals surface area contributed by atoms with Crippen molar-refractivity contribution < 1.29 is 9.66 Å². The van der Waals surface area contributed by atoms with Crippen LogP contribution in [0.25, 0.3) is 0 Å². The SMILES string of the molecule is O=[N+]([O-])c1[c]cccc1Oc1ccc(Cl)cc1. The summed E-state index contributed by atoms with van der Waals surface area (Å²) in [5.74, 6) is 0.636. The van der Waals surface area contributed by atoms with Crippen LogP contribution in [0.15, 0.2) is 42.5 Å². The van der Waals surface area contributed by atoms with Gasteiger partial charge < -0.3 is 4.74 Å². The summed E-state index contributed by atoms with van der Waals surface area (Å²) in [6, 6.07) is 13.7. The minimum absolute atomic E-state index is 0.153. The van der Waals surface area contributed by atoms with Crippen LogP contribution in [0.4, 0.5) is 5.69 Å². The molecule has 0 saturated carbocycles. The van der Waals surface area contributed by atoms with E-state index in [0.717, 1.165) is 0 Å². The number of nitro groups is 1. The fraction of sp³-hybridized carbons (Fsp3) is 0. The highest BCUT2D eigenvalue weighted by Crippen LogP contribution is 2.30. The van der Waals surface area contributed by atoms with Crippen LogP contribution in [0, 0.1) is 16.2 Å². The van der Waals surface area contributed by atoms with Crippen LogP contribution in [0.3, 0.4) is 0 Å². The summed E-state index contributed by atoms with van der Waals surface area (Å²) in [4.78, 5) is 10.2. The van der Waals surface area contributed by atoms with E-state index in [4.69, 9.17) is 16.3 Å². The molecule has 5 heteroatoms. The normalized spacial score (nSPS) is 9.94. The molecule has 85 valence electrons. The fourth-order valence-electron chi connectivity index (χ4n) is 1.27. The topological polar surface area (TPSA) is 52.4 Å². The molecule has 0 atom stereocenters. The number of rotatable bonds is 3. The van der Waals surface area contributed by atoms with E-state index in [-0.39, 0.29) is 11.4 Å². The van der Waals surface area contributed by atoms with E-state index in [1.807, 2.05) is 0 Å². The van der Waals surface area contributed by atoms with Gasteiger partial charge in [-0.25, -0.2) is 0 Å². The summed E-state index contributed by atoms with van der Waals surface area (Å²) in [6.07, 6.45) is 0. The Hall–Kier alpha value is -2.07. The average Bonchev–Trinajstić information content (AvgIpc) is 2.32. The predicted molar refractivity (Wildman–Crippen MR) is 63.5 cm³/mol. The summed E-state index contributed by atoms with van der Waals surface area (Å²) in [5.41, 5.74) is -0.192. The number of hydrogen-bond acceptors (Lipinski definition) is 3. The van der Waals surface area contributed by atoms with Crippen molar-refractivity contribution in [2.24, 2.45) is 0 Å². The number of benzene rings is 2. The zero-order valence-corrected chi connectivity index (χ0v) is 9.35. The van der Waals surface area contributed by atoms with Crippen molar-refractivity contribution >= 4 is 17.3 Å². The molecule has 2 rings (SSSR count). The number of ether oxygens (including phenoxy) is 1. The standard InChI is InChI=1S/C12H7ClNO3/c13-9-5-7-10(8-6-9)17-12-4-2-1-3-11(12)14(15)16/h1-2,4-8H. The molecule has 0 aliphatic carbocycles. The second kappa shape index (κ2) is 4.84. The molecule has 0 aliphatic heterocycles. The molecule has 0 saturated heterocycles. The summed E-state index contributed by atoms with van der Waals surface area (Å²) < 4.78 is 5.39. The average molecular weight is 249 g/mol. The Morgan fingerprint density at radius 3 is 2.59 bits per heavy atom. The molecule has 2 aromatic rings. The molecule has 0 aromatic heterocycles. The molecule has 0 bridgehead atoms. The largest absolute Gasteiger partial charge is 0.450 e. The van der Waals surface area contributed by atoms with Crippen molar-refractivity contribution in [2.75, 3.05) is 0 Å². The highest BCUT2D eigenvalue weighted by atomic mass is 35.5. The second-order valence-electron chi connectivity index (χ2n) is 3.20. The van der Waals surface area contributed by atoms with Gasteiger partial charge in [0.1, 0.15) is 5.75 Å². The van der Waals surface area contributed by atoms with Crippen LogP contribution < -0.4 is 4.74 Å². The molecule has 0 aliphatic rings. The molecule has 0 unspecified atom stereocenters. The van der Waals surface area contributed by atoms with Crippen LogP contribution in [0.1, 0.15) is 0 Å². The molecule has 4 nitrogen and oxygen atoms in total. The third-order valence-corrected chi connectivity index (χ3v) is 2.27. The van der Waals surface area contributed by atoms with Crippen molar-refractivity contribution in [1.82, 2.24) is 0 Å². The Kier molecular flexibility index (Phi) is 3.25. The van der Waals surface area contributed by atoms with Crippen molar-refractivity contribution in [3.63, 3.8) is 0 Å². The first kappa shape index (κ1) is 11.4.